The van der Waals surface area contributed by atoms with E-state index in [9.17, 15) is 4.79 Å². The molecular weight excluding hydrogens is 725 g/mol. The van der Waals surface area contributed by atoms with Gasteiger partial charge in [-0.05, 0) is 110 Å². The van der Waals surface area contributed by atoms with Gasteiger partial charge in [0.15, 0.2) is 0 Å². The van der Waals surface area contributed by atoms with Crippen LogP contribution in [0.5, 0.6) is 0 Å². The van der Waals surface area contributed by atoms with E-state index in [2.05, 4.69) is 155 Å². The molecule has 0 aliphatic carbocycles. The molecule has 4 heteroatoms. The van der Waals surface area contributed by atoms with E-state index < -0.39 is 0 Å². The van der Waals surface area contributed by atoms with Gasteiger partial charge in [0.25, 0.3) is 0 Å². The van der Waals surface area contributed by atoms with Crippen LogP contribution in [0, 0.1) is 26.4 Å². The Balaban J connectivity index is 0.000000245. The van der Waals surface area contributed by atoms with Crippen molar-refractivity contribution >= 4 is 11.5 Å². The molecule has 59 heavy (non-hydrogen) atoms. The molecule has 5 aromatic rings. The summed E-state index contributed by atoms with van der Waals surface area (Å²) in [5.41, 5.74) is 12.5. The summed E-state index contributed by atoms with van der Waals surface area (Å²) in [5.74, 6) is -0.223. The van der Waals surface area contributed by atoms with Crippen LogP contribution >= 0.6 is 0 Å². The Morgan fingerprint density at radius 2 is 1.25 bits per heavy atom. The summed E-state index contributed by atoms with van der Waals surface area (Å²) in [5, 5.41) is 7.10. The van der Waals surface area contributed by atoms with Gasteiger partial charge in [-0.25, -0.2) is 4.79 Å². The third kappa shape index (κ3) is 12.1. The Labute approximate surface area is 354 Å². The van der Waals surface area contributed by atoms with E-state index in [4.69, 9.17) is 14.6 Å². The predicted molar refractivity (Wildman–Crippen MR) is 246 cm³/mol. The minimum Gasteiger partial charge on any atom is -0.462 e. The fourth-order valence-corrected chi connectivity index (χ4v) is 8.05. The lowest BCUT2D eigenvalue weighted by atomic mass is 9.66. The molecule has 1 N–H and O–H groups in total. The summed E-state index contributed by atoms with van der Waals surface area (Å²) in [6.45, 7) is 13.8. The van der Waals surface area contributed by atoms with E-state index in [-0.39, 0.29) is 11.4 Å². The third-order valence-electron chi connectivity index (χ3n) is 11.0. The molecule has 306 valence electrons. The quantitative estimate of drug-likeness (QED) is 0.0615. The van der Waals surface area contributed by atoms with E-state index in [1.54, 1.807) is 0 Å². The number of benzene rings is 5. The number of allylic oxidation sites excluding steroid dienone is 2. The van der Waals surface area contributed by atoms with E-state index in [1.807, 2.05) is 44.2 Å². The van der Waals surface area contributed by atoms with Crippen molar-refractivity contribution in [3.63, 3.8) is 0 Å². The first-order valence-corrected chi connectivity index (χ1v) is 21.0. The average molecular weight is 787 g/mol. The van der Waals surface area contributed by atoms with Crippen LogP contribution in [0.3, 0.4) is 0 Å². The normalized spacial score (nSPS) is 13.3. The lowest BCUT2D eigenvalue weighted by Crippen LogP contribution is -2.31. The Bertz CT molecular complexity index is 2070. The van der Waals surface area contributed by atoms with E-state index >= 15 is 0 Å². The van der Waals surface area contributed by atoms with E-state index in [0.29, 0.717) is 12.7 Å². The minimum absolute atomic E-state index is 0.175. The predicted octanol–water partition coefficient (Wildman–Crippen LogP) is 13.1. The Morgan fingerprint density at radius 3 is 1.73 bits per heavy atom. The topological polar surface area (TPSA) is 55.8 Å². The number of ether oxygens (including phenoxy) is 2. The second-order valence-corrected chi connectivity index (χ2v) is 14.8. The van der Waals surface area contributed by atoms with Crippen LogP contribution in [0.25, 0.3) is 5.57 Å². The summed E-state index contributed by atoms with van der Waals surface area (Å²) in [6.07, 6.45) is 16.0. The first-order chi connectivity index (χ1) is 28.8. The smallest absolute Gasteiger partial charge is 0.339 e. The van der Waals surface area contributed by atoms with Crippen molar-refractivity contribution < 1.29 is 19.4 Å². The zero-order chi connectivity index (χ0) is 42.5. The van der Waals surface area contributed by atoms with E-state index in [1.165, 1.54) is 39.5 Å². The first-order valence-electron chi connectivity index (χ1n) is 21.0. The second kappa shape index (κ2) is 24.1. The molecule has 4 nitrogen and oxygen atoms in total. The van der Waals surface area contributed by atoms with Crippen molar-refractivity contribution in [2.75, 3.05) is 13.2 Å². The van der Waals surface area contributed by atoms with E-state index in [0.717, 1.165) is 73.0 Å². The van der Waals surface area contributed by atoms with Gasteiger partial charge < -0.3 is 14.6 Å². The highest BCUT2D eigenvalue weighted by Gasteiger charge is 2.36. The number of aliphatic hydroxyl groups is 1. The minimum atomic E-state index is -0.223. The number of cyclic esters (lactones) is 1. The van der Waals surface area contributed by atoms with Gasteiger partial charge >= 0.3 is 5.97 Å². The number of rotatable bonds is 16. The van der Waals surface area contributed by atoms with Crippen LogP contribution in [0.1, 0.15) is 98.7 Å². The van der Waals surface area contributed by atoms with Crippen molar-refractivity contribution in [2.45, 2.75) is 91.6 Å². The largest absolute Gasteiger partial charge is 0.462 e. The average Bonchev–Trinajstić information content (AvgIpc) is 3.65. The molecular formula is C55H62O4. The standard InChI is InChI=1S/C28H34O.C25H26O2.C2H2O/c1-3-14-27(29-23-4-2)21-22-28(24-15-8-5-9-16-24,25-17-10-6-11-18-25)26-19-12-7-13-20-26;1-5-19(15-20-13-9-7-11-17(20)3)24-23(16-27-25(24)26)21(6-2)22-14-10-8-12-18(22)4;1-2-3/h5-13,15-20,27H,3-4,14,21-23H2,1-2H3;5-14H,15-16H2,1-4H3;1,3H/b;19-5+,21-6+;. The van der Waals surface area contributed by atoms with Crippen molar-refractivity contribution in [2.24, 2.45) is 0 Å². The molecule has 0 fully saturated rings. The van der Waals surface area contributed by atoms with Crippen molar-refractivity contribution in [1.82, 2.24) is 0 Å². The monoisotopic (exact) mass is 786 g/mol. The molecule has 6 rings (SSSR count). The number of carbonyl (C=O) groups is 1. The van der Waals surface area contributed by atoms with Gasteiger partial charge in [0.1, 0.15) is 12.7 Å². The molecule has 1 atom stereocenters. The highest BCUT2D eigenvalue weighted by molar-refractivity contribution is 6.02. The second-order valence-electron chi connectivity index (χ2n) is 14.8. The third-order valence-corrected chi connectivity index (χ3v) is 11.0. The number of aryl methyl sites for hydroxylation is 2. The summed E-state index contributed by atoms with van der Waals surface area (Å²) < 4.78 is 11.7. The van der Waals surface area contributed by atoms with Crippen LogP contribution in [0.15, 0.2) is 168 Å². The fraction of sp³-hybridized carbons (Fsp3) is 0.291. The molecule has 0 saturated carbocycles. The highest BCUT2D eigenvalue weighted by atomic mass is 16.5. The lowest BCUT2D eigenvalue weighted by molar-refractivity contribution is -0.135. The first kappa shape index (κ1) is 45.8. The summed E-state index contributed by atoms with van der Waals surface area (Å²) in [4.78, 5) is 12.6. The van der Waals surface area contributed by atoms with Crippen molar-refractivity contribution in [3.05, 3.63) is 207 Å². The maximum Gasteiger partial charge on any atom is 0.339 e. The molecule has 0 saturated heterocycles. The SMILES string of the molecule is C#CO.C/C=C(\Cc1ccccc1C)C1=C(/C(=C/C)c2ccccc2C)COC1=O.CCCOC(CCC)CCC(c1ccccc1)(c1ccccc1)c1ccccc1. The fourth-order valence-electron chi connectivity index (χ4n) is 8.05. The summed E-state index contributed by atoms with van der Waals surface area (Å²) in [7, 11) is 0. The van der Waals surface area contributed by atoms with Crippen molar-refractivity contribution in [1.29, 1.82) is 0 Å². The van der Waals surface area contributed by atoms with Crippen LogP contribution in [0.4, 0.5) is 0 Å². The van der Waals surface area contributed by atoms with Gasteiger partial charge in [0, 0.05) is 17.6 Å². The molecule has 0 amide bonds. The number of carbonyl (C=O) groups excluding carboxylic acids is 1. The number of esters is 1. The zero-order valence-corrected chi connectivity index (χ0v) is 35.9. The summed E-state index contributed by atoms with van der Waals surface area (Å²) >= 11 is 0. The molecule has 1 aliphatic heterocycles. The Morgan fingerprint density at radius 1 is 0.746 bits per heavy atom. The van der Waals surface area contributed by atoms with Crippen molar-refractivity contribution in [3.8, 4) is 12.5 Å². The molecule has 0 spiro atoms. The Hall–Kier alpha value is -5.89. The van der Waals surface area contributed by atoms with Gasteiger partial charge in [-0.15, -0.1) is 0 Å². The highest BCUT2D eigenvalue weighted by Crippen LogP contribution is 2.44. The van der Waals surface area contributed by atoms with Crippen LogP contribution in [-0.2, 0) is 26.1 Å². The lowest BCUT2D eigenvalue weighted by Gasteiger charge is -2.37. The van der Waals surface area contributed by atoms with Gasteiger partial charge in [0.05, 0.1) is 11.7 Å². The molecule has 0 radical (unpaired) electrons. The maximum absolute atomic E-state index is 12.6. The van der Waals surface area contributed by atoms with Gasteiger partial charge in [-0.3, -0.25) is 0 Å². The van der Waals surface area contributed by atoms with Gasteiger partial charge in [-0.2, -0.15) is 0 Å². The van der Waals surface area contributed by atoms with Crippen LogP contribution in [0.2, 0.25) is 0 Å². The van der Waals surface area contributed by atoms with Gasteiger partial charge in [0.2, 0.25) is 0 Å². The van der Waals surface area contributed by atoms with Gasteiger partial charge in [-0.1, -0.05) is 178 Å². The number of hydrogen-bond acceptors (Lipinski definition) is 4. The number of hydrogen-bond donors (Lipinski definition) is 1. The van der Waals surface area contributed by atoms with Crippen LogP contribution in [-0.4, -0.2) is 30.4 Å². The molecule has 5 aromatic carbocycles. The molecule has 1 heterocycles. The number of terminal acetylenes is 1. The van der Waals surface area contributed by atoms with Crippen LogP contribution < -0.4 is 0 Å². The molecule has 1 aliphatic rings. The molecule has 0 bridgehead atoms. The molecule has 1 unspecified atom stereocenters. The summed E-state index contributed by atoms with van der Waals surface area (Å²) in [6, 6.07) is 49.5. The maximum atomic E-state index is 12.6. The zero-order valence-electron chi connectivity index (χ0n) is 35.9. The Kier molecular flexibility index (Phi) is 18.7. The number of aliphatic hydroxyl groups excluding tert-OH is 1. The molecule has 0 aromatic heterocycles.